The van der Waals surface area contributed by atoms with E-state index in [1.54, 1.807) is 7.11 Å². The molecule has 1 aliphatic rings. The van der Waals surface area contributed by atoms with E-state index < -0.39 is 0 Å². The highest BCUT2D eigenvalue weighted by Crippen LogP contribution is 2.29. The molecule has 1 saturated heterocycles. The number of hydrogen-bond acceptors (Lipinski definition) is 3. The average molecular weight is 305 g/mol. The number of amides is 1. The van der Waals surface area contributed by atoms with Gasteiger partial charge in [0.2, 0.25) is 5.91 Å². The molecule has 0 radical (unpaired) electrons. The normalized spacial score (nSPS) is 17.8. The number of carbonyl (C=O) groups is 1. The Hall–Kier alpha value is -1.55. The standard InChI is InChI=1S/C18H27NO3/c1-12(2)15-11-14(13(3)10-17(15)21-4)7-8-19-18(20)16-6-5-9-22-16/h10-12,16H,5-9H2,1-4H3,(H,19,20). The summed E-state index contributed by atoms with van der Waals surface area (Å²) in [6.45, 7) is 7.76. The highest BCUT2D eigenvalue weighted by molar-refractivity contribution is 5.80. The first-order valence-corrected chi connectivity index (χ1v) is 8.09. The van der Waals surface area contributed by atoms with E-state index in [2.05, 4.69) is 38.2 Å². The maximum absolute atomic E-state index is 11.9. The summed E-state index contributed by atoms with van der Waals surface area (Å²) in [5.74, 6) is 1.38. The zero-order valence-corrected chi connectivity index (χ0v) is 14.1. The van der Waals surface area contributed by atoms with Crippen molar-refractivity contribution in [2.75, 3.05) is 20.3 Å². The average Bonchev–Trinajstić information content (AvgIpc) is 3.02. The van der Waals surface area contributed by atoms with Crippen LogP contribution in [0, 0.1) is 6.92 Å². The minimum absolute atomic E-state index is 0.0211. The van der Waals surface area contributed by atoms with Gasteiger partial charge in [-0.2, -0.15) is 0 Å². The molecule has 1 fully saturated rings. The molecule has 1 aliphatic heterocycles. The number of hydrogen-bond donors (Lipinski definition) is 1. The fourth-order valence-electron chi connectivity index (χ4n) is 2.86. The predicted molar refractivity (Wildman–Crippen MR) is 87.5 cm³/mol. The van der Waals surface area contributed by atoms with Gasteiger partial charge in [-0.15, -0.1) is 0 Å². The monoisotopic (exact) mass is 305 g/mol. The predicted octanol–water partition coefficient (Wildman–Crippen LogP) is 2.96. The first-order chi connectivity index (χ1) is 10.5. The summed E-state index contributed by atoms with van der Waals surface area (Å²) >= 11 is 0. The third-order valence-corrected chi connectivity index (χ3v) is 4.23. The first-order valence-electron chi connectivity index (χ1n) is 8.09. The molecule has 2 rings (SSSR count). The Morgan fingerprint density at radius 1 is 1.45 bits per heavy atom. The number of ether oxygens (including phenoxy) is 2. The Bertz CT molecular complexity index is 519. The van der Waals surface area contributed by atoms with E-state index in [0.29, 0.717) is 19.1 Å². The van der Waals surface area contributed by atoms with Crippen molar-refractivity contribution < 1.29 is 14.3 Å². The molecule has 22 heavy (non-hydrogen) atoms. The van der Waals surface area contributed by atoms with Gasteiger partial charge in [0.1, 0.15) is 11.9 Å². The molecule has 1 N–H and O–H groups in total. The summed E-state index contributed by atoms with van der Waals surface area (Å²) < 4.78 is 10.9. The van der Waals surface area contributed by atoms with Gasteiger partial charge in [-0.1, -0.05) is 19.9 Å². The molecule has 0 aliphatic carbocycles. The number of methoxy groups -OCH3 is 1. The van der Waals surface area contributed by atoms with Crippen LogP contribution >= 0.6 is 0 Å². The van der Waals surface area contributed by atoms with Crippen molar-refractivity contribution >= 4 is 5.91 Å². The molecule has 0 bridgehead atoms. The molecule has 4 nitrogen and oxygen atoms in total. The first kappa shape index (κ1) is 16.8. The Labute approximate surface area is 133 Å². The second-order valence-electron chi connectivity index (χ2n) is 6.22. The number of aryl methyl sites for hydroxylation is 1. The van der Waals surface area contributed by atoms with Crippen LogP contribution in [0.3, 0.4) is 0 Å². The van der Waals surface area contributed by atoms with Crippen molar-refractivity contribution in [3.8, 4) is 5.75 Å². The topological polar surface area (TPSA) is 47.6 Å². The van der Waals surface area contributed by atoms with Crippen molar-refractivity contribution in [1.29, 1.82) is 0 Å². The van der Waals surface area contributed by atoms with Crippen LogP contribution in [0.4, 0.5) is 0 Å². The Morgan fingerprint density at radius 2 is 2.23 bits per heavy atom. The summed E-state index contributed by atoms with van der Waals surface area (Å²) in [6.07, 6.45) is 2.40. The van der Waals surface area contributed by atoms with Gasteiger partial charge >= 0.3 is 0 Å². The van der Waals surface area contributed by atoms with Gasteiger partial charge in [-0.25, -0.2) is 0 Å². The quantitative estimate of drug-likeness (QED) is 0.879. The van der Waals surface area contributed by atoms with E-state index in [-0.39, 0.29) is 12.0 Å². The highest BCUT2D eigenvalue weighted by atomic mass is 16.5. The minimum Gasteiger partial charge on any atom is -0.496 e. The summed E-state index contributed by atoms with van der Waals surface area (Å²) in [6, 6.07) is 4.30. The summed E-state index contributed by atoms with van der Waals surface area (Å²) in [7, 11) is 1.71. The number of nitrogens with one attached hydrogen (secondary N) is 1. The molecule has 1 amide bonds. The molecule has 1 unspecified atom stereocenters. The third-order valence-electron chi connectivity index (χ3n) is 4.23. The van der Waals surface area contributed by atoms with Gasteiger partial charge in [-0.05, 0) is 54.9 Å². The fraction of sp³-hybridized carbons (Fsp3) is 0.611. The molecule has 1 heterocycles. The lowest BCUT2D eigenvalue weighted by Gasteiger charge is -2.17. The number of benzene rings is 1. The van der Waals surface area contributed by atoms with E-state index in [9.17, 15) is 4.79 Å². The van der Waals surface area contributed by atoms with Crippen LogP contribution in [0.2, 0.25) is 0 Å². The SMILES string of the molecule is COc1cc(C)c(CCNC(=O)C2CCCO2)cc1C(C)C. The largest absolute Gasteiger partial charge is 0.496 e. The Morgan fingerprint density at radius 3 is 2.82 bits per heavy atom. The summed E-state index contributed by atoms with van der Waals surface area (Å²) in [4.78, 5) is 11.9. The number of carbonyl (C=O) groups excluding carboxylic acids is 1. The molecule has 0 aromatic heterocycles. The van der Waals surface area contributed by atoms with Gasteiger partial charge in [0.05, 0.1) is 7.11 Å². The molecule has 1 atom stereocenters. The zero-order chi connectivity index (χ0) is 16.1. The van der Waals surface area contributed by atoms with Gasteiger partial charge in [0.15, 0.2) is 0 Å². The van der Waals surface area contributed by atoms with Crippen LogP contribution in [0.15, 0.2) is 12.1 Å². The Balaban J connectivity index is 1.97. The van der Waals surface area contributed by atoms with Crippen molar-refractivity contribution in [3.63, 3.8) is 0 Å². The molecular formula is C18H27NO3. The maximum atomic E-state index is 11.9. The highest BCUT2D eigenvalue weighted by Gasteiger charge is 2.23. The third kappa shape index (κ3) is 4.01. The Kier molecular flexibility index (Phi) is 5.83. The second-order valence-corrected chi connectivity index (χ2v) is 6.22. The lowest BCUT2D eigenvalue weighted by Crippen LogP contribution is -2.35. The van der Waals surface area contributed by atoms with Crippen molar-refractivity contribution in [3.05, 3.63) is 28.8 Å². The van der Waals surface area contributed by atoms with Gasteiger partial charge in [-0.3, -0.25) is 4.79 Å². The van der Waals surface area contributed by atoms with Crippen molar-refractivity contribution in [1.82, 2.24) is 5.32 Å². The van der Waals surface area contributed by atoms with Gasteiger partial charge in [0.25, 0.3) is 0 Å². The van der Waals surface area contributed by atoms with Crippen LogP contribution in [-0.2, 0) is 16.0 Å². The van der Waals surface area contributed by atoms with Crippen LogP contribution in [-0.4, -0.2) is 32.3 Å². The smallest absolute Gasteiger partial charge is 0.249 e. The molecular weight excluding hydrogens is 278 g/mol. The van der Waals surface area contributed by atoms with Crippen molar-refractivity contribution in [2.45, 2.75) is 52.1 Å². The molecule has 4 heteroatoms. The molecule has 1 aromatic carbocycles. The maximum Gasteiger partial charge on any atom is 0.249 e. The van der Waals surface area contributed by atoms with Crippen LogP contribution in [0.25, 0.3) is 0 Å². The van der Waals surface area contributed by atoms with Crippen LogP contribution in [0.5, 0.6) is 5.75 Å². The molecule has 0 saturated carbocycles. The molecule has 0 spiro atoms. The van der Waals surface area contributed by atoms with E-state index in [1.165, 1.54) is 16.7 Å². The lowest BCUT2D eigenvalue weighted by molar-refractivity contribution is -0.129. The van der Waals surface area contributed by atoms with Gasteiger partial charge < -0.3 is 14.8 Å². The summed E-state index contributed by atoms with van der Waals surface area (Å²) in [5.41, 5.74) is 3.68. The van der Waals surface area contributed by atoms with E-state index in [4.69, 9.17) is 9.47 Å². The van der Waals surface area contributed by atoms with E-state index in [1.807, 2.05) is 0 Å². The van der Waals surface area contributed by atoms with E-state index in [0.717, 1.165) is 25.0 Å². The summed E-state index contributed by atoms with van der Waals surface area (Å²) in [5, 5.41) is 2.98. The van der Waals surface area contributed by atoms with Crippen LogP contribution in [0.1, 0.15) is 49.3 Å². The van der Waals surface area contributed by atoms with Crippen LogP contribution < -0.4 is 10.1 Å². The second kappa shape index (κ2) is 7.63. The molecule has 1 aromatic rings. The number of rotatable bonds is 6. The van der Waals surface area contributed by atoms with E-state index >= 15 is 0 Å². The lowest BCUT2D eigenvalue weighted by atomic mass is 9.95. The molecule has 122 valence electrons. The zero-order valence-electron chi connectivity index (χ0n) is 14.1. The van der Waals surface area contributed by atoms with Crippen molar-refractivity contribution in [2.24, 2.45) is 0 Å². The fourth-order valence-corrected chi connectivity index (χ4v) is 2.86. The van der Waals surface area contributed by atoms with Gasteiger partial charge in [0, 0.05) is 13.2 Å². The minimum atomic E-state index is -0.247.